The number of ether oxygens (including phenoxy) is 1. The van der Waals surface area contributed by atoms with Crippen LogP contribution in [-0.2, 0) is 16.1 Å². The molecule has 0 atom stereocenters. The fourth-order valence-electron chi connectivity index (χ4n) is 1.89. The summed E-state index contributed by atoms with van der Waals surface area (Å²) in [7, 11) is 0. The normalized spacial score (nSPS) is 10.2. The van der Waals surface area contributed by atoms with E-state index >= 15 is 0 Å². The molecule has 0 aliphatic heterocycles. The molecule has 0 radical (unpaired) electrons. The average Bonchev–Trinajstić information content (AvgIpc) is 2.53. The lowest BCUT2D eigenvalue weighted by atomic mass is 10.1. The molecule has 0 saturated carbocycles. The minimum atomic E-state index is -0.530. The maximum absolute atomic E-state index is 11.9. The molecule has 1 amide bonds. The van der Waals surface area contributed by atoms with Gasteiger partial charge in [0.1, 0.15) is 13.2 Å². The molecule has 1 N–H and O–H groups in total. The predicted octanol–water partition coefficient (Wildman–Crippen LogP) is 3.78. The Balaban J connectivity index is 1.81. The highest BCUT2D eigenvalue weighted by Gasteiger charge is 2.09. The third kappa shape index (κ3) is 5.27. The number of nitrogens with one attached hydrogen (secondary N) is 1. The number of carbonyl (C=O) groups excluding carboxylic acids is 2. The SMILES string of the molecule is Cc1cccc(C(=O)NCC(=O)OCc2ccc(Cl)c(Cl)c2)c1. The Morgan fingerprint density at radius 1 is 1.09 bits per heavy atom. The third-order valence-electron chi connectivity index (χ3n) is 3.06. The smallest absolute Gasteiger partial charge is 0.325 e. The Hall–Kier alpha value is -2.04. The van der Waals surface area contributed by atoms with Gasteiger partial charge in [-0.1, -0.05) is 47.0 Å². The number of hydrogen-bond donors (Lipinski definition) is 1. The number of benzene rings is 2. The summed E-state index contributed by atoms with van der Waals surface area (Å²) in [5, 5.41) is 3.36. The van der Waals surface area contributed by atoms with Crippen LogP contribution in [0.5, 0.6) is 0 Å². The topological polar surface area (TPSA) is 55.4 Å². The van der Waals surface area contributed by atoms with E-state index in [1.54, 1.807) is 36.4 Å². The van der Waals surface area contributed by atoms with Crippen molar-refractivity contribution in [3.63, 3.8) is 0 Å². The highest BCUT2D eigenvalue weighted by atomic mass is 35.5. The zero-order valence-corrected chi connectivity index (χ0v) is 13.9. The van der Waals surface area contributed by atoms with E-state index in [1.807, 2.05) is 13.0 Å². The van der Waals surface area contributed by atoms with E-state index in [0.717, 1.165) is 11.1 Å². The van der Waals surface area contributed by atoms with Crippen molar-refractivity contribution >= 4 is 35.1 Å². The van der Waals surface area contributed by atoms with E-state index in [9.17, 15) is 9.59 Å². The molecule has 0 fully saturated rings. The van der Waals surface area contributed by atoms with E-state index in [-0.39, 0.29) is 19.1 Å². The number of aryl methyl sites for hydroxylation is 1. The lowest BCUT2D eigenvalue weighted by Gasteiger charge is -2.08. The van der Waals surface area contributed by atoms with Gasteiger partial charge in [0, 0.05) is 5.56 Å². The van der Waals surface area contributed by atoms with Crippen molar-refractivity contribution in [3.8, 4) is 0 Å². The van der Waals surface area contributed by atoms with Crippen LogP contribution in [0.25, 0.3) is 0 Å². The summed E-state index contributed by atoms with van der Waals surface area (Å²) in [6, 6.07) is 12.1. The summed E-state index contributed by atoms with van der Waals surface area (Å²) in [4.78, 5) is 23.6. The van der Waals surface area contributed by atoms with Crippen LogP contribution in [0.3, 0.4) is 0 Å². The summed E-state index contributed by atoms with van der Waals surface area (Å²) in [5.74, 6) is -0.850. The first-order valence-electron chi connectivity index (χ1n) is 6.90. The molecule has 2 rings (SSSR count). The minimum Gasteiger partial charge on any atom is -0.460 e. The summed E-state index contributed by atoms with van der Waals surface area (Å²) in [6.07, 6.45) is 0. The highest BCUT2D eigenvalue weighted by Crippen LogP contribution is 2.22. The maximum atomic E-state index is 11.9. The second-order valence-electron chi connectivity index (χ2n) is 4.96. The molecule has 0 heterocycles. The molecule has 0 saturated heterocycles. The molecule has 0 aliphatic rings. The lowest BCUT2D eigenvalue weighted by Crippen LogP contribution is -2.30. The van der Waals surface area contributed by atoms with Gasteiger partial charge in [-0.15, -0.1) is 0 Å². The van der Waals surface area contributed by atoms with Crippen molar-refractivity contribution in [2.45, 2.75) is 13.5 Å². The predicted molar refractivity (Wildman–Crippen MR) is 89.8 cm³/mol. The van der Waals surface area contributed by atoms with Crippen molar-refractivity contribution in [2.24, 2.45) is 0 Å². The van der Waals surface area contributed by atoms with Crippen molar-refractivity contribution in [3.05, 3.63) is 69.2 Å². The molecule has 2 aromatic carbocycles. The first kappa shape index (κ1) is 17.3. The van der Waals surface area contributed by atoms with Crippen molar-refractivity contribution in [1.82, 2.24) is 5.32 Å². The van der Waals surface area contributed by atoms with Crippen molar-refractivity contribution < 1.29 is 14.3 Å². The first-order valence-corrected chi connectivity index (χ1v) is 7.66. The van der Waals surface area contributed by atoms with Crippen LogP contribution in [0.4, 0.5) is 0 Å². The molecule has 120 valence electrons. The number of rotatable bonds is 5. The van der Waals surface area contributed by atoms with Gasteiger partial charge in [0.15, 0.2) is 0 Å². The maximum Gasteiger partial charge on any atom is 0.325 e. The number of amides is 1. The fraction of sp³-hybridized carbons (Fsp3) is 0.176. The fourth-order valence-corrected chi connectivity index (χ4v) is 2.21. The zero-order chi connectivity index (χ0) is 16.8. The molecular formula is C17H15Cl2NO3. The molecule has 0 spiro atoms. The average molecular weight is 352 g/mol. The zero-order valence-electron chi connectivity index (χ0n) is 12.4. The Morgan fingerprint density at radius 2 is 1.87 bits per heavy atom. The first-order chi connectivity index (χ1) is 11.0. The van der Waals surface area contributed by atoms with E-state index in [2.05, 4.69) is 5.32 Å². The highest BCUT2D eigenvalue weighted by molar-refractivity contribution is 6.42. The Morgan fingerprint density at radius 3 is 2.57 bits per heavy atom. The monoisotopic (exact) mass is 351 g/mol. The van der Waals surface area contributed by atoms with Gasteiger partial charge in [-0.2, -0.15) is 0 Å². The molecule has 4 nitrogen and oxygen atoms in total. The van der Waals surface area contributed by atoms with Gasteiger partial charge >= 0.3 is 5.97 Å². The van der Waals surface area contributed by atoms with Crippen LogP contribution in [-0.4, -0.2) is 18.4 Å². The van der Waals surface area contributed by atoms with Gasteiger partial charge in [0.05, 0.1) is 10.0 Å². The van der Waals surface area contributed by atoms with Gasteiger partial charge in [-0.05, 0) is 36.8 Å². The Kier molecular flexibility index (Phi) is 6.02. The van der Waals surface area contributed by atoms with Crippen LogP contribution in [0.2, 0.25) is 10.0 Å². The molecule has 0 aliphatic carbocycles. The minimum absolute atomic E-state index is 0.0655. The quantitative estimate of drug-likeness (QED) is 0.834. The van der Waals surface area contributed by atoms with Gasteiger partial charge in [0.2, 0.25) is 0 Å². The largest absolute Gasteiger partial charge is 0.460 e. The molecular weight excluding hydrogens is 337 g/mol. The number of hydrogen-bond acceptors (Lipinski definition) is 3. The molecule has 2 aromatic rings. The standard InChI is InChI=1S/C17H15Cl2NO3/c1-11-3-2-4-13(7-11)17(22)20-9-16(21)23-10-12-5-6-14(18)15(19)8-12/h2-8H,9-10H2,1H3,(H,20,22). The molecule has 6 heteroatoms. The number of halogens is 2. The Labute approximate surface area is 144 Å². The summed E-state index contributed by atoms with van der Waals surface area (Å²) >= 11 is 11.7. The molecule has 0 unspecified atom stereocenters. The van der Waals surface area contributed by atoms with Crippen LogP contribution in [0.1, 0.15) is 21.5 Å². The molecule has 0 bridgehead atoms. The summed E-state index contributed by atoms with van der Waals surface area (Å²) < 4.78 is 5.08. The van der Waals surface area contributed by atoms with Gasteiger partial charge < -0.3 is 10.1 Å². The summed E-state index contributed by atoms with van der Waals surface area (Å²) in [5.41, 5.74) is 2.19. The summed E-state index contributed by atoms with van der Waals surface area (Å²) in [6.45, 7) is 1.76. The van der Waals surface area contributed by atoms with Crippen LogP contribution in [0, 0.1) is 6.92 Å². The van der Waals surface area contributed by atoms with E-state index in [0.29, 0.717) is 15.6 Å². The van der Waals surface area contributed by atoms with Gasteiger partial charge in [-0.3, -0.25) is 9.59 Å². The van der Waals surface area contributed by atoms with Gasteiger partial charge in [0.25, 0.3) is 5.91 Å². The second-order valence-corrected chi connectivity index (χ2v) is 5.78. The third-order valence-corrected chi connectivity index (χ3v) is 3.80. The Bertz CT molecular complexity index is 732. The van der Waals surface area contributed by atoms with E-state index in [4.69, 9.17) is 27.9 Å². The lowest BCUT2D eigenvalue weighted by molar-refractivity contribution is -0.143. The second kappa shape index (κ2) is 7.99. The molecule has 0 aromatic heterocycles. The number of esters is 1. The van der Waals surface area contributed by atoms with Crippen LogP contribution >= 0.6 is 23.2 Å². The van der Waals surface area contributed by atoms with Crippen LogP contribution in [0.15, 0.2) is 42.5 Å². The van der Waals surface area contributed by atoms with Gasteiger partial charge in [-0.25, -0.2) is 0 Å². The van der Waals surface area contributed by atoms with E-state index in [1.165, 1.54) is 0 Å². The number of carbonyl (C=O) groups is 2. The van der Waals surface area contributed by atoms with Crippen molar-refractivity contribution in [2.75, 3.05) is 6.54 Å². The van der Waals surface area contributed by atoms with Crippen LogP contribution < -0.4 is 5.32 Å². The van der Waals surface area contributed by atoms with Crippen molar-refractivity contribution in [1.29, 1.82) is 0 Å². The molecule has 23 heavy (non-hydrogen) atoms. The van der Waals surface area contributed by atoms with E-state index < -0.39 is 5.97 Å².